The van der Waals surface area contributed by atoms with E-state index in [1.54, 1.807) is 6.92 Å². The van der Waals surface area contributed by atoms with Gasteiger partial charge in [-0.05, 0) is 63.3 Å². The minimum atomic E-state index is 0.0808. The van der Waals surface area contributed by atoms with Gasteiger partial charge in [0, 0.05) is 32.6 Å². The third-order valence-corrected chi connectivity index (χ3v) is 3.48. The first kappa shape index (κ1) is 28.6. The van der Waals surface area contributed by atoms with Gasteiger partial charge in [0.05, 0.1) is 6.61 Å². The third-order valence-electron chi connectivity index (χ3n) is 3.48. The number of hydrogen-bond donors (Lipinski definition) is 1. The van der Waals surface area contributed by atoms with Crippen molar-refractivity contribution < 1.29 is 19.0 Å². The zero-order chi connectivity index (χ0) is 21.5. The minimum absolute atomic E-state index is 0.0808. The second kappa shape index (κ2) is 23.4. The number of unbranched alkanes of at least 4 members (excludes halogenated alkanes) is 3. The lowest BCUT2D eigenvalue weighted by Gasteiger charge is -2.08. The first-order valence-electron chi connectivity index (χ1n) is 10.8. The van der Waals surface area contributed by atoms with Crippen LogP contribution in [0.2, 0.25) is 0 Å². The summed E-state index contributed by atoms with van der Waals surface area (Å²) in [6.07, 6.45) is 5.10. The van der Waals surface area contributed by atoms with Crippen molar-refractivity contribution in [3.63, 3.8) is 0 Å². The van der Waals surface area contributed by atoms with Crippen LogP contribution in [0.4, 0.5) is 5.69 Å². The Morgan fingerprint density at radius 1 is 0.786 bits per heavy atom. The van der Waals surface area contributed by atoms with E-state index in [1.165, 1.54) is 0 Å². The summed E-state index contributed by atoms with van der Waals surface area (Å²) >= 11 is 0. The lowest BCUT2D eigenvalue weighted by Crippen LogP contribution is -2.05. The molecule has 0 fully saturated rings. The zero-order valence-electron chi connectivity index (χ0n) is 19.0. The van der Waals surface area contributed by atoms with Crippen molar-refractivity contribution in [2.24, 2.45) is 0 Å². The van der Waals surface area contributed by atoms with Gasteiger partial charge >= 0.3 is 0 Å². The number of rotatable bonds is 15. The van der Waals surface area contributed by atoms with Crippen molar-refractivity contribution in [3.8, 4) is 5.75 Å². The van der Waals surface area contributed by atoms with Gasteiger partial charge in [-0.15, -0.1) is 0 Å². The average molecular weight is 398 g/mol. The van der Waals surface area contributed by atoms with Crippen LogP contribution < -0.4 is 10.1 Å². The number of nitrogens with one attached hydrogen (secondary N) is 1. The molecule has 0 amide bonds. The molecule has 28 heavy (non-hydrogen) atoms. The Morgan fingerprint density at radius 3 is 1.82 bits per heavy atom. The van der Waals surface area contributed by atoms with Crippen molar-refractivity contribution in [3.05, 3.63) is 24.3 Å². The summed E-state index contributed by atoms with van der Waals surface area (Å²) in [5.74, 6) is 0.985. The van der Waals surface area contributed by atoms with E-state index in [1.807, 2.05) is 59.0 Å². The molecule has 0 aliphatic carbocycles. The molecule has 0 heterocycles. The number of carbonyl (C=O) groups excluding carboxylic acids is 1. The highest BCUT2D eigenvalue weighted by atomic mass is 16.5. The fourth-order valence-corrected chi connectivity index (χ4v) is 2.12. The number of ketones is 1. The molecule has 0 aliphatic heterocycles. The predicted octanol–water partition coefficient (Wildman–Crippen LogP) is 5.73. The molecule has 0 saturated heterocycles. The Labute approximate surface area is 173 Å². The monoisotopic (exact) mass is 397 g/mol. The summed E-state index contributed by atoms with van der Waals surface area (Å²) in [5.41, 5.74) is 1.08. The number of carbonyl (C=O) groups is 1. The molecule has 5 nitrogen and oxygen atoms in total. The number of Topliss-reactive ketones (excluding diaryl/α,β-unsaturated/α-hetero) is 1. The third kappa shape index (κ3) is 19.2. The Balaban J connectivity index is 0. The van der Waals surface area contributed by atoms with E-state index in [2.05, 4.69) is 5.32 Å². The van der Waals surface area contributed by atoms with Gasteiger partial charge in [-0.2, -0.15) is 0 Å². The van der Waals surface area contributed by atoms with E-state index in [4.69, 9.17) is 14.2 Å². The molecule has 1 aromatic carbocycles. The number of ether oxygens (including phenoxy) is 3. The van der Waals surface area contributed by atoms with Crippen LogP contribution in [0.5, 0.6) is 5.75 Å². The van der Waals surface area contributed by atoms with Gasteiger partial charge in [0.25, 0.3) is 0 Å². The van der Waals surface area contributed by atoms with Crippen LogP contribution in [-0.4, -0.2) is 45.9 Å². The van der Waals surface area contributed by atoms with Crippen LogP contribution in [0.3, 0.4) is 0 Å². The Kier molecular flexibility index (Phi) is 24.0. The number of anilines is 1. The Hall–Kier alpha value is -1.59. The topological polar surface area (TPSA) is 56.8 Å². The van der Waals surface area contributed by atoms with Crippen LogP contribution >= 0.6 is 0 Å². The van der Waals surface area contributed by atoms with Crippen molar-refractivity contribution in [2.45, 2.75) is 66.7 Å². The van der Waals surface area contributed by atoms with E-state index in [9.17, 15) is 4.79 Å². The summed E-state index contributed by atoms with van der Waals surface area (Å²) in [6.45, 7) is 12.7. The molecule has 5 heteroatoms. The minimum Gasteiger partial charge on any atom is -0.494 e. The van der Waals surface area contributed by atoms with Crippen molar-refractivity contribution in [1.29, 1.82) is 0 Å². The second-order valence-corrected chi connectivity index (χ2v) is 5.76. The maximum absolute atomic E-state index is 10.7. The normalized spacial score (nSPS) is 9.50. The predicted molar refractivity (Wildman–Crippen MR) is 120 cm³/mol. The van der Waals surface area contributed by atoms with Crippen molar-refractivity contribution >= 4 is 11.5 Å². The molecule has 0 atom stereocenters. The first-order chi connectivity index (χ1) is 13.7. The van der Waals surface area contributed by atoms with Crippen LogP contribution in [0, 0.1) is 0 Å². The van der Waals surface area contributed by atoms with Crippen molar-refractivity contribution in [2.75, 3.05) is 45.4 Å². The van der Waals surface area contributed by atoms with Crippen LogP contribution in [0.15, 0.2) is 24.3 Å². The molecule has 0 spiro atoms. The molecule has 1 N–H and O–H groups in total. The van der Waals surface area contributed by atoms with E-state index in [0.717, 1.165) is 63.4 Å². The standard InChI is InChI=1S/C19H31NO4.2C2H6/c1-17(21)16-23-14-5-3-4-12-22-13-6-7-15-24-19-10-8-18(20-2)9-11-19;2*1-2/h8-11,20H,3-7,12-16H2,1-2H3;2*1-2H3. The molecule has 164 valence electrons. The molecule has 1 aromatic rings. The van der Waals surface area contributed by atoms with Gasteiger partial charge in [-0.25, -0.2) is 0 Å². The number of benzene rings is 1. The average Bonchev–Trinajstić information content (AvgIpc) is 2.74. The molecule has 0 saturated carbocycles. The molecule has 0 radical (unpaired) electrons. The largest absolute Gasteiger partial charge is 0.494 e. The molecular formula is C23H43NO4. The lowest BCUT2D eigenvalue weighted by molar-refractivity contribution is -0.121. The van der Waals surface area contributed by atoms with Gasteiger partial charge in [0.1, 0.15) is 12.4 Å². The fourth-order valence-electron chi connectivity index (χ4n) is 2.12. The maximum Gasteiger partial charge on any atom is 0.155 e. The maximum atomic E-state index is 10.7. The molecule has 0 unspecified atom stereocenters. The smallest absolute Gasteiger partial charge is 0.155 e. The molecule has 0 aromatic heterocycles. The van der Waals surface area contributed by atoms with Gasteiger partial charge in [-0.1, -0.05) is 27.7 Å². The first-order valence-corrected chi connectivity index (χ1v) is 10.8. The Morgan fingerprint density at radius 2 is 1.29 bits per heavy atom. The molecule has 0 bridgehead atoms. The van der Waals surface area contributed by atoms with Crippen LogP contribution in [-0.2, 0) is 14.3 Å². The summed E-state index contributed by atoms with van der Waals surface area (Å²) in [7, 11) is 1.90. The molecular weight excluding hydrogens is 354 g/mol. The van der Waals surface area contributed by atoms with Gasteiger partial charge in [0.15, 0.2) is 5.78 Å². The summed E-state index contributed by atoms with van der Waals surface area (Å²) in [5, 5.41) is 3.08. The summed E-state index contributed by atoms with van der Waals surface area (Å²) in [6, 6.07) is 7.96. The van der Waals surface area contributed by atoms with E-state index < -0.39 is 0 Å². The van der Waals surface area contributed by atoms with Crippen LogP contribution in [0.25, 0.3) is 0 Å². The van der Waals surface area contributed by atoms with Gasteiger partial charge in [0.2, 0.25) is 0 Å². The quantitative estimate of drug-likeness (QED) is 0.383. The summed E-state index contributed by atoms with van der Waals surface area (Å²) in [4.78, 5) is 10.7. The SMILES string of the molecule is CC.CC.CNc1ccc(OCCCCOCCCCCOCC(C)=O)cc1. The van der Waals surface area contributed by atoms with Gasteiger partial charge < -0.3 is 19.5 Å². The van der Waals surface area contributed by atoms with Crippen LogP contribution in [0.1, 0.15) is 66.7 Å². The second-order valence-electron chi connectivity index (χ2n) is 5.76. The molecule has 1 rings (SSSR count). The van der Waals surface area contributed by atoms with E-state index in [-0.39, 0.29) is 12.4 Å². The molecule has 0 aliphatic rings. The van der Waals surface area contributed by atoms with Gasteiger partial charge in [-0.3, -0.25) is 4.79 Å². The number of hydrogen-bond acceptors (Lipinski definition) is 5. The zero-order valence-corrected chi connectivity index (χ0v) is 19.0. The highest BCUT2D eigenvalue weighted by Gasteiger charge is 1.96. The highest BCUT2D eigenvalue weighted by molar-refractivity contribution is 5.76. The highest BCUT2D eigenvalue weighted by Crippen LogP contribution is 2.15. The van der Waals surface area contributed by atoms with E-state index >= 15 is 0 Å². The Bertz CT molecular complexity index is 435. The lowest BCUT2D eigenvalue weighted by atomic mass is 10.2. The van der Waals surface area contributed by atoms with Crippen molar-refractivity contribution in [1.82, 2.24) is 0 Å². The van der Waals surface area contributed by atoms with E-state index in [0.29, 0.717) is 6.61 Å². The fraction of sp³-hybridized carbons (Fsp3) is 0.696. The summed E-state index contributed by atoms with van der Waals surface area (Å²) < 4.78 is 16.5.